The van der Waals surface area contributed by atoms with E-state index in [2.05, 4.69) is 130 Å². The first kappa shape index (κ1) is 21.2. The van der Waals surface area contributed by atoms with Crippen LogP contribution in [-0.4, -0.2) is 5.80 Å². The summed E-state index contributed by atoms with van der Waals surface area (Å²) in [7, 11) is 0. The second kappa shape index (κ2) is 10.3. The van der Waals surface area contributed by atoms with Crippen molar-refractivity contribution >= 4 is 28.6 Å². The molecular formula is C28H31P. The average Bonchev–Trinajstić information content (AvgIpc) is 2.76. The van der Waals surface area contributed by atoms with Crippen molar-refractivity contribution in [3.05, 3.63) is 114 Å². The highest BCUT2D eigenvalue weighted by atomic mass is 31.2. The van der Waals surface area contributed by atoms with Gasteiger partial charge in [0.2, 0.25) is 0 Å². The van der Waals surface area contributed by atoms with E-state index in [0.717, 1.165) is 12.8 Å². The van der Waals surface area contributed by atoms with Gasteiger partial charge in [0.1, 0.15) is 0 Å². The Kier molecular flexibility index (Phi) is 7.50. The lowest BCUT2D eigenvalue weighted by molar-refractivity contribution is 0.970. The first-order valence-corrected chi connectivity index (χ1v) is 12.2. The molecule has 0 aliphatic carbocycles. The molecule has 0 amide bonds. The molecule has 0 aliphatic heterocycles. The Morgan fingerprint density at radius 1 is 0.655 bits per heavy atom. The average molecular weight is 399 g/mol. The minimum atomic E-state index is -1.88. The van der Waals surface area contributed by atoms with Crippen LogP contribution in [-0.2, 0) is 0 Å². The third kappa shape index (κ3) is 5.28. The summed E-state index contributed by atoms with van der Waals surface area (Å²) in [5.41, 5.74) is 2.82. The van der Waals surface area contributed by atoms with Crippen LogP contribution in [0.4, 0.5) is 0 Å². The molecule has 3 aromatic carbocycles. The minimum Gasteiger partial charge on any atom is -0.0856 e. The monoisotopic (exact) mass is 398 g/mol. The maximum absolute atomic E-state index is 2.50. The molecule has 0 fully saturated rings. The zero-order valence-electron chi connectivity index (χ0n) is 17.8. The highest BCUT2D eigenvalue weighted by molar-refractivity contribution is 7.94. The summed E-state index contributed by atoms with van der Waals surface area (Å²) in [6, 6.07) is 33.0. The molecule has 0 saturated heterocycles. The van der Waals surface area contributed by atoms with E-state index in [1.54, 1.807) is 0 Å². The smallest absolute Gasteiger partial charge is 0.0160 e. The van der Waals surface area contributed by atoms with Crippen molar-refractivity contribution in [2.45, 2.75) is 33.6 Å². The van der Waals surface area contributed by atoms with Gasteiger partial charge in [-0.25, -0.2) is 0 Å². The summed E-state index contributed by atoms with van der Waals surface area (Å²) in [4.78, 5) is 0. The molecular weight excluding hydrogens is 367 g/mol. The quantitative estimate of drug-likeness (QED) is 0.316. The Morgan fingerprint density at radius 3 is 1.45 bits per heavy atom. The van der Waals surface area contributed by atoms with E-state index in [4.69, 9.17) is 0 Å². The predicted octanol–water partition coefficient (Wildman–Crippen LogP) is 6.48. The number of hydrogen-bond acceptors (Lipinski definition) is 0. The van der Waals surface area contributed by atoms with Crippen LogP contribution in [0, 0.1) is 0 Å². The second-order valence-corrected chi connectivity index (χ2v) is 11.0. The third-order valence-electron chi connectivity index (χ3n) is 5.16. The maximum atomic E-state index is 2.50. The van der Waals surface area contributed by atoms with Gasteiger partial charge in [-0.1, -0.05) is 120 Å². The molecule has 0 saturated carbocycles. The van der Waals surface area contributed by atoms with Gasteiger partial charge in [0.25, 0.3) is 0 Å². The Bertz CT molecular complexity index is 902. The first-order valence-electron chi connectivity index (χ1n) is 10.3. The Morgan fingerprint density at radius 2 is 1.07 bits per heavy atom. The molecule has 0 N–H and O–H groups in total. The molecule has 0 radical (unpaired) electrons. The van der Waals surface area contributed by atoms with Crippen LogP contribution in [0.2, 0.25) is 0 Å². The van der Waals surface area contributed by atoms with Gasteiger partial charge in [0, 0.05) is 0 Å². The number of hydrogen-bond donors (Lipinski definition) is 0. The van der Waals surface area contributed by atoms with Gasteiger partial charge in [0.05, 0.1) is 0 Å². The van der Waals surface area contributed by atoms with Crippen molar-refractivity contribution in [3.8, 4) is 0 Å². The third-order valence-corrected chi connectivity index (χ3v) is 9.10. The molecule has 148 valence electrons. The van der Waals surface area contributed by atoms with Gasteiger partial charge in [-0.2, -0.15) is 0 Å². The van der Waals surface area contributed by atoms with Crippen molar-refractivity contribution in [3.63, 3.8) is 0 Å². The molecule has 0 nitrogen and oxygen atoms in total. The summed E-state index contributed by atoms with van der Waals surface area (Å²) in [6.45, 7) is 4.72. The lowest BCUT2D eigenvalue weighted by Crippen LogP contribution is -2.26. The summed E-state index contributed by atoms with van der Waals surface area (Å²) in [5, 5.41) is 4.18. The van der Waals surface area contributed by atoms with Crippen LogP contribution in [0.3, 0.4) is 0 Å². The minimum absolute atomic E-state index is 1.10. The fourth-order valence-corrected chi connectivity index (χ4v) is 7.42. The fourth-order valence-electron chi connectivity index (χ4n) is 3.61. The second-order valence-electron chi connectivity index (χ2n) is 7.71. The SMILES string of the molecule is CC(C)=CCCC(C)=CC=P(c1ccccc1)(c1ccccc1)c1ccccc1. The topological polar surface area (TPSA) is 0 Å². The van der Waals surface area contributed by atoms with E-state index in [9.17, 15) is 0 Å². The molecule has 1 heteroatoms. The largest absolute Gasteiger partial charge is 0.0856 e. The van der Waals surface area contributed by atoms with E-state index in [1.807, 2.05) is 0 Å². The van der Waals surface area contributed by atoms with Crippen molar-refractivity contribution in [2.75, 3.05) is 0 Å². The molecule has 0 spiro atoms. The van der Waals surface area contributed by atoms with Gasteiger partial charge < -0.3 is 0 Å². The zero-order chi connectivity index (χ0) is 20.5. The van der Waals surface area contributed by atoms with Gasteiger partial charge in [-0.3, -0.25) is 0 Å². The van der Waals surface area contributed by atoms with Crippen molar-refractivity contribution in [1.29, 1.82) is 0 Å². The Hall–Kier alpha value is -2.56. The van der Waals surface area contributed by atoms with E-state index >= 15 is 0 Å². The van der Waals surface area contributed by atoms with E-state index in [-0.39, 0.29) is 0 Å². The number of allylic oxidation sites excluding steroid dienone is 4. The fraction of sp³-hybridized carbons (Fsp3) is 0.179. The standard InChI is InChI=1S/C28H31P/c1-24(2)14-13-15-25(3)22-23-29(26-16-7-4-8-17-26,27-18-9-5-10-19-27)28-20-11-6-12-21-28/h4-12,14,16-23H,13,15H2,1-3H3. The van der Waals surface area contributed by atoms with Crippen molar-refractivity contribution in [2.24, 2.45) is 0 Å². The summed E-state index contributed by atoms with van der Waals surface area (Å²) in [6.07, 6.45) is 6.90. The van der Waals surface area contributed by atoms with Crippen LogP contribution < -0.4 is 15.9 Å². The van der Waals surface area contributed by atoms with Crippen LogP contribution in [0.1, 0.15) is 33.6 Å². The lowest BCUT2D eigenvalue weighted by atomic mass is 10.1. The molecule has 0 aliphatic rings. The molecule has 0 unspecified atom stereocenters. The lowest BCUT2D eigenvalue weighted by Gasteiger charge is -2.28. The van der Waals surface area contributed by atoms with Crippen molar-refractivity contribution in [1.82, 2.24) is 0 Å². The highest BCUT2D eigenvalue weighted by Gasteiger charge is 2.23. The van der Waals surface area contributed by atoms with E-state index < -0.39 is 6.89 Å². The molecule has 0 atom stereocenters. The zero-order valence-corrected chi connectivity index (χ0v) is 18.6. The summed E-state index contributed by atoms with van der Waals surface area (Å²) < 4.78 is 0. The molecule has 3 rings (SSSR count). The number of benzene rings is 3. The number of rotatable bonds is 7. The van der Waals surface area contributed by atoms with Gasteiger partial charge in [-0.15, -0.1) is 0 Å². The maximum Gasteiger partial charge on any atom is -0.0160 e. The normalized spacial score (nSPS) is 11.8. The van der Waals surface area contributed by atoms with Crippen LogP contribution in [0.25, 0.3) is 0 Å². The van der Waals surface area contributed by atoms with Crippen LogP contribution >= 0.6 is 6.89 Å². The Balaban J connectivity index is 2.21. The molecule has 29 heavy (non-hydrogen) atoms. The molecule has 3 aromatic rings. The van der Waals surface area contributed by atoms with Gasteiger partial charge in [0.15, 0.2) is 0 Å². The first-order chi connectivity index (χ1) is 14.1. The van der Waals surface area contributed by atoms with E-state index in [1.165, 1.54) is 27.1 Å². The molecule has 0 heterocycles. The molecule has 0 bridgehead atoms. The van der Waals surface area contributed by atoms with Gasteiger partial charge >= 0.3 is 0 Å². The van der Waals surface area contributed by atoms with Crippen molar-refractivity contribution < 1.29 is 0 Å². The van der Waals surface area contributed by atoms with Crippen LogP contribution in [0.15, 0.2) is 114 Å². The van der Waals surface area contributed by atoms with Gasteiger partial charge in [-0.05, 0) is 56.4 Å². The summed E-state index contributed by atoms with van der Waals surface area (Å²) in [5.74, 6) is 2.50. The van der Waals surface area contributed by atoms with E-state index in [0.29, 0.717) is 0 Å². The Labute approximate surface area is 176 Å². The highest BCUT2D eigenvalue weighted by Crippen LogP contribution is 2.43. The summed E-state index contributed by atoms with van der Waals surface area (Å²) >= 11 is 0. The van der Waals surface area contributed by atoms with Crippen LogP contribution in [0.5, 0.6) is 0 Å². The molecule has 0 aromatic heterocycles. The predicted molar refractivity (Wildman–Crippen MR) is 134 cm³/mol.